The van der Waals surface area contributed by atoms with Gasteiger partial charge in [-0.3, -0.25) is 9.59 Å². The fourth-order valence-corrected chi connectivity index (χ4v) is 2.30. The lowest BCUT2D eigenvalue weighted by Crippen LogP contribution is -2.49. The summed E-state index contributed by atoms with van der Waals surface area (Å²) in [4.78, 5) is 24.2. The molecule has 6 heteroatoms. The van der Waals surface area contributed by atoms with Crippen LogP contribution in [0, 0.1) is 5.41 Å². The quantitative estimate of drug-likeness (QED) is 0.778. The third kappa shape index (κ3) is 5.18. The summed E-state index contributed by atoms with van der Waals surface area (Å²) in [6.07, 6.45) is 0.573. The number of amides is 2. The van der Waals surface area contributed by atoms with E-state index >= 15 is 0 Å². The summed E-state index contributed by atoms with van der Waals surface area (Å²) in [6, 6.07) is 5.24. The number of hydrogen-bond donors (Lipinski definition) is 2. The Morgan fingerprint density at radius 1 is 1.18 bits per heavy atom. The topological polar surface area (TPSA) is 58.2 Å². The average Bonchev–Trinajstić information content (AvgIpc) is 2.40. The number of halogens is 2. The summed E-state index contributed by atoms with van der Waals surface area (Å²) in [7, 11) is 0. The van der Waals surface area contributed by atoms with E-state index in [4.69, 9.17) is 23.2 Å². The highest BCUT2D eigenvalue weighted by molar-refractivity contribution is 6.35. The van der Waals surface area contributed by atoms with E-state index in [0.717, 1.165) is 5.56 Å². The Bertz CT molecular complexity index is 557. The van der Waals surface area contributed by atoms with Crippen molar-refractivity contribution in [3.05, 3.63) is 33.8 Å². The molecule has 0 unspecified atom stereocenters. The van der Waals surface area contributed by atoms with Gasteiger partial charge in [0.1, 0.15) is 5.41 Å². The highest BCUT2D eigenvalue weighted by atomic mass is 35.5. The predicted molar refractivity (Wildman–Crippen MR) is 90.2 cm³/mol. The second-order valence-electron chi connectivity index (χ2n) is 5.99. The molecule has 0 aromatic heterocycles. The number of carbonyl (C=O) groups is 2. The molecule has 22 heavy (non-hydrogen) atoms. The molecule has 2 N–H and O–H groups in total. The van der Waals surface area contributed by atoms with Gasteiger partial charge in [0.25, 0.3) is 0 Å². The molecule has 0 aliphatic heterocycles. The van der Waals surface area contributed by atoms with Gasteiger partial charge in [0.05, 0.1) is 0 Å². The lowest BCUT2D eigenvalue weighted by atomic mass is 9.90. The smallest absolute Gasteiger partial charge is 0.235 e. The van der Waals surface area contributed by atoms with Crippen LogP contribution in [0.4, 0.5) is 0 Å². The number of nitrogens with one attached hydrogen (secondary N) is 2. The van der Waals surface area contributed by atoms with Crippen LogP contribution in [-0.4, -0.2) is 24.4 Å². The Labute approximate surface area is 141 Å². The molecule has 1 aromatic carbocycles. The Morgan fingerprint density at radius 2 is 1.82 bits per heavy atom. The van der Waals surface area contributed by atoms with Crippen LogP contribution in [-0.2, 0) is 16.0 Å². The van der Waals surface area contributed by atoms with Crippen molar-refractivity contribution in [1.29, 1.82) is 0 Å². The molecule has 0 saturated carbocycles. The maximum absolute atomic E-state index is 12.2. The van der Waals surface area contributed by atoms with Crippen LogP contribution in [0.15, 0.2) is 18.2 Å². The van der Waals surface area contributed by atoms with Gasteiger partial charge >= 0.3 is 0 Å². The molecular weight excluding hydrogens is 323 g/mol. The van der Waals surface area contributed by atoms with E-state index in [1.54, 1.807) is 26.0 Å². The summed E-state index contributed by atoms with van der Waals surface area (Å²) in [5.41, 5.74) is -0.218. The van der Waals surface area contributed by atoms with Crippen LogP contribution < -0.4 is 10.6 Å². The SMILES string of the molecule is CC(C)NC(=O)C(C)(C)C(=O)NCCc1ccc(Cl)cc1Cl. The maximum Gasteiger partial charge on any atom is 0.235 e. The molecule has 4 nitrogen and oxygen atoms in total. The molecular formula is C16H22Cl2N2O2. The van der Waals surface area contributed by atoms with Crippen molar-refractivity contribution in [3.63, 3.8) is 0 Å². The van der Waals surface area contributed by atoms with Crippen LogP contribution in [0.2, 0.25) is 10.0 Å². The molecule has 0 atom stereocenters. The highest BCUT2D eigenvalue weighted by Gasteiger charge is 2.35. The van der Waals surface area contributed by atoms with Gasteiger partial charge in [0.15, 0.2) is 0 Å². The zero-order chi connectivity index (χ0) is 16.9. The average molecular weight is 345 g/mol. The van der Waals surface area contributed by atoms with Gasteiger partial charge in [-0.1, -0.05) is 29.3 Å². The Hall–Kier alpha value is -1.26. The van der Waals surface area contributed by atoms with E-state index in [1.807, 2.05) is 19.9 Å². The van der Waals surface area contributed by atoms with Crippen molar-refractivity contribution in [1.82, 2.24) is 10.6 Å². The van der Waals surface area contributed by atoms with Gasteiger partial charge in [-0.2, -0.15) is 0 Å². The van der Waals surface area contributed by atoms with Crippen LogP contribution in [0.1, 0.15) is 33.3 Å². The summed E-state index contributed by atoms with van der Waals surface area (Å²) in [5, 5.41) is 6.67. The minimum atomic E-state index is -1.12. The molecule has 1 aromatic rings. The number of hydrogen-bond acceptors (Lipinski definition) is 2. The Balaban J connectivity index is 2.56. The highest BCUT2D eigenvalue weighted by Crippen LogP contribution is 2.21. The third-order valence-electron chi connectivity index (χ3n) is 3.25. The van der Waals surface area contributed by atoms with Crippen LogP contribution in [0.5, 0.6) is 0 Å². The minimum Gasteiger partial charge on any atom is -0.355 e. The summed E-state index contributed by atoms with van der Waals surface area (Å²) >= 11 is 11.9. The standard InChI is InChI=1S/C16H22Cl2N2O2/c1-10(2)20-15(22)16(3,4)14(21)19-8-7-11-5-6-12(17)9-13(11)18/h5-6,9-10H,7-8H2,1-4H3,(H,19,21)(H,20,22). The van der Waals surface area contributed by atoms with E-state index in [1.165, 1.54) is 0 Å². The van der Waals surface area contributed by atoms with Crippen molar-refractivity contribution >= 4 is 35.0 Å². The van der Waals surface area contributed by atoms with Crippen LogP contribution >= 0.6 is 23.2 Å². The molecule has 0 bridgehead atoms. The lowest BCUT2D eigenvalue weighted by Gasteiger charge is -2.24. The summed E-state index contributed by atoms with van der Waals surface area (Å²) < 4.78 is 0. The fraction of sp³-hybridized carbons (Fsp3) is 0.500. The molecule has 1 rings (SSSR count). The maximum atomic E-state index is 12.2. The van der Waals surface area contributed by atoms with Crippen molar-refractivity contribution in [3.8, 4) is 0 Å². The molecule has 0 heterocycles. The van der Waals surface area contributed by atoms with Gasteiger partial charge in [0.2, 0.25) is 11.8 Å². The van der Waals surface area contributed by atoms with Crippen molar-refractivity contribution in [2.45, 2.75) is 40.2 Å². The number of rotatable bonds is 6. The van der Waals surface area contributed by atoms with Crippen LogP contribution in [0.25, 0.3) is 0 Å². The first kappa shape index (κ1) is 18.8. The molecule has 0 radical (unpaired) electrons. The van der Waals surface area contributed by atoms with E-state index in [9.17, 15) is 9.59 Å². The molecule has 0 fully saturated rings. The van der Waals surface area contributed by atoms with E-state index in [-0.39, 0.29) is 17.9 Å². The second kappa shape index (κ2) is 7.84. The molecule has 2 amide bonds. The zero-order valence-electron chi connectivity index (χ0n) is 13.3. The first-order valence-corrected chi connectivity index (χ1v) is 7.93. The minimum absolute atomic E-state index is 0.00699. The van der Waals surface area contributed by atoms with Crippen molar-refractivity contribution in [2.75, 3.05) is 6.54 Å². The van der Waals surface area contributed by atoms with Gasteiger partial charge in [-0.15, -0.1) is 0 Å². The molecule has 0 aliphatic carbocycles. The lowest BCUT2D eigenvalue weighted by molar-refractivity contribution is -0.141. The van der Waals surface area contributed by atoms with E-state index < -0.39 is 5.41 Å². The first-order chi connectivity index (χ1) is 10.1. The normalized spacial score (nSPS) is 11.4. The fourth-order valence-electron chi connectivity index (χ4n) is 1.80. The summed E-state index contributed by atoms with van der Waals surface area (Å²) in [6.45, 7) is 7.33. The first-order valence-electron chi connectivity index (χ1n) is 7.17. The van der Waals surface area contributed by atoms with Crippen molar-refractivity contribution < 1.29 is 9.59 Å². The molecule has 122 valence electrons. The Morgan fingerprint density at radius 3 is 2.36 bits per heavy atom. The van der Waals surface area contributed by atoms with E-state index in [0.29, 0.717) is 23.0 Å². The molecule has 0 saturated heterocycles. The molecule has 0 spiro atoms. The number of carbonyl (C=O) groups excluding carboxylic acids is 2. The number of benzene rings is 1. The monoisotopic (exact) mass is 344 g/mol. The van der Waals surface area contributed by atoms with Gasteiger partial charge < -0.3 is 10.6 Å². The predicted octanol–water partition coefficient (Wildman–Crippen LogP) is 3.20. The second-order valence-corrected chi connectivity index (χ2v) is 6.84. The largest absolute Gasteiger partial charge is 0.355 e. The van der Waals surface area contributed by atoms with Crippen LogP contribution in [0.3, 0.4) is 0 Å². The van der Waals surface area contributed by atoms with Gasteiger partial charge in [-0.05, 0) is 51.8 Å². The van der Waals surface area contributed by atoms with Crippen molar-refractivity contribution in [2.24, 2.45) is 5.41 Å². The summed E-state index contributed by atoms with van der Waals surface area (Å²) in [5.74, 6) is -0.597. The van der Waals surface area contributed by atoms with Gasteiger partial charge in [-0.25, -0.2) is 0 Å². The van der Waals surface area contributed by atoms with Gasteiger partial charge in [0, 0.05) is 22.6 Å². The third-order valence-corrected chi connectivity index (χ3v) is 3.84. The van der Waals surface area contributed by atoms with E-state index in [2.05, 4.69) is 10.6 Å². The Kier molecular flexibility index (Phi) is 6.69. The zero-order valence-corrected chi connectivity index (χ0v) is 14.8. The molecule has 0 aliphatic rings.